The Kier molecular flexibility index (Phi) is 6.95. The van der Waals surface area contributed by atoms with Crippen molar-refractivity contribution in [2.75, 3.05) is 12.3 Å². The number of carbonyl (C=O) groups is 1. The highest BCUT2D eigenvalue weighted by atomic mass is 19.3. The Morgan fingerprint density at radius 3 is 2.44 bits per heavy atom. The van der Waals surface area contributed by atoms with Crippen LogP contribution in [0.15, 0.2) is 30.6 Å². The predicted octanol–water partition coefficient (Wildman–Crippen LogP) is 3.46. The minimum atomic E-state index is -2.17. The molecule has 1 aromatic carbocycles. The van der Waals surface area contributed by atoms with Crippen LogP contribution in [-0.2, 0) is 6.54 Å². The Labute approximate surface area is 155 Å². The van der Waals surface area contributed by atoms with Crippen LogP contribution in [0, 0.1) is 6.92 Å². The molecule has 0 saturated heterocycles. The van der Waals surface area contributed by atoms with Crippen LogP contribution in [0.5, 0.6) is 0 Å². The molecular weight excluding hydrogens is 354 g/mol. The maximum absolute atomic E-state index is 11.8. The van der Waals surface area contributed by atoms with Crippen LogP contribution in [0.25, 0.3) is 22.2 Å². The quantitative estimate of drug-likeness (QED) is 0.665. The fourth-order valence-corrected chi connectivity index (χ4v) is 2.80. The summed E-state index contributed by atoms with van der Waals surface area (Å²) in [6, 6.07) is 7.89. The van der Waals surface area contributed by atoms with Gasteiger partial charge < -0.3 is 15.4 Å². The molecule has 0 saturated carbocycles. The Hall–Kier alpha value is -2.87. The minimum absolute atomic E-state index is 0.0401. The zero-order chi connectivity index (χ0) is 20.0. The van der Waals surface area contributed by atoms with Crippen molar-refractivity contribution < 1.29 is 18.7 Å². The predicted molar refractivity (Wildman–Crippen MR) is 101 cm³/mol. The van der Waals surface area contributed by atoms with E-state index >= 15 is 0 Å². The number of carbonyl (C=O) groups excluding carboxylic acids is 1. The maximum Gasteiger partial charge on any atom is 0.235 e. The molecule has 0 aliphatic rings. The molecule has 144 valence electrons. The molecule has 0 atom stereocenters. The van der Waals surface area contributed by atoms with Crippen molar-refractivity contribution in [3.8, 4) is 11.1 Å². The molecule has 0 amide bonds. The van der Waals surface area contributed by atoms with E-state index in [1.54, 1.807) is 4.57 Å². The summed E-state index contributed by atoms with van der Waals surface area (Å²) < 4.78 is 22.5. The molecule has 27 heavy (non-hydrogen) atoms. The molecular formula is C19H22F2N4O2. The average molecular weight is 376 g/mol. The smallest absolute Gasteiger partial charge is 0.235 e. The van der Waals surface area contributed by atoms with Gasteiger partial charge >= 0.3 is 0 Å². The van der Waals surface area contributed by atoms with E-state index in [4.69, 9.17) is 10.8 Å². The van der Waals surface area contributed by atoms with Crippen LogP contribution in [0.4, 0.5) is 14.6 Å². The van der Waals surface area contributed by atoms with Gasteiger partial charge in [0.1, 0.15) is 17.8 Å². The molecule has 0 fully saturated rings. The van der Waals surface area contributed by atoms with Gasteiger partial charge in [0.05, 0.1) is 11.1 Å². The Morgan fingerprint density at radius 2 is 1.89 bits per heavy atom. The van der Waals surface area contributed by atoms with Gasteiger partial charge in [-0.2, -0.15) is 0 Å². The number of hydrogen-bond acceptors (Lipinski definition) is 5. The molecule has 0 unspecified atom stereocenters. The number of nitrogens with two attached hydrogens (primary N) is 1. The van der Waals surface area contributed by atoms with E-state index in [0.717, 1.165) is 29.9 Å². The van der Waals surface area contributed by atoms with Gasteiger partial charge in [-0.15, -0.1) is 0 Å². The summed E-state index contributed by atoms with van der Waals surface area (Å²) in [5.74, 6) is 0.344. The van der Waals surface area contributed by atoms with E-state index in [1.807, 2.05) is 31.2 Å². The monoisotopic (exact) mass is 376 g/mol. The third-order valence-electron chi connectivity index (χ3n) is 3.90. The number of anilines is 1. The van der Waals surface area contributed by atoms with E-state index in [0.29, 0.717) is 35.5 Å². The number of benzene rings is 1. The number of halogens is 2. The standard InChI is InChI=1S/C17H18N4O2.C2H4F2/c1-11-3-5-12(6-4-11)14-13(9-23)21(7-2-8-22)17-15(14)16(18)19-10-20-17;1-2(3)4/h3-6,9-10,22H,2,7-8H2,1H3,(H2,18,19,20);2H,1H3. The highest BCUT2D eigenvalue weighted by molar-refractivity contribution is 6.07. The van der Waals surface area contributed by atoms with E-state index in [2.05, 4.69) is 9.97 Å². The zero-order valence-electron chi connectivity index (χ0n) is 15.2. The van der Waals surface area contributed by atoms with Gasteiger partial charge in [-0.3, -0.25) is 4.79 Å². The van der Waals surface area contributed by atoms with Crippen LogP contribution in [-0.4, -0.2) is 39.0 Å². The van der Waals surface area contributed by atoms with E-state index in [1.165, 1.54) is 6.33 Å². The molecule has 6 nitrogen and oxygen atoms in total. The number of alkyl halides is 2. The highest BCUT2D eigenvalue weighted by Gasteiger charge is 2.21. The lowest BCUT2D eigenvalue weighted by Gasteiger charge is -2.06. The Balaban J connectivity index is 0.000000596. The fraction of sp³-hybridized carbons (Fsp3) is 0.316. The normalized spacial score (nSPS) is 10.7. The van der Waals surface area contributed by atoms with Crippen molar-refractivity contribution in [1.82, 2.24) is 14.5 Å². The van der Waals surface area contributed by atoms with Crippen LogP contribution in [0.2, 0.25) is 0 Å². The average Bonchev–Trinajstić information content (AvgIpc) is 2.95. The van der Waals surface area contributed by atoms with Crippen molar-refractivity contribution in [2.24, 2.45) is 0 Å². The molecule has 0 spiro atoms. The van der Waals surface area contributed by atoms with Crippen molar-refractivity contribution >= 4 is 23.1 Å². The van der Waals surface area contributed by atoms with Crippen LogP contribution in [0.1, 0.15) is 29.4 Å². The first-order valence-corrected chi connectivity index (χ1v) is 8.44. The van der Waals surface area contributed by atoms with E-state index in [9.17, 15) is 13.6 Å². The topological polar surface area (TPSA) is 94.0 Å². The molecule has 2 aromatic heterocycles. The number of fused-ring (bicyclic) bond motifs is 1. The second kappa shape index (κ2) is 9.18. The summed E-state index contributed by atoms with van der Waals surface area (Å²) in [5.41, 5.74) is 9.95. The first-order valence-electron chi connectivity index (χ1n) is 8.44. The summed E-state index contributed by atoms with van der Waals surface area (Å²) in [4.78, 5) is 20.1. The molecule has 0 bridgehead atoms. The summed E-state index contributed by atoms with van der Waals surface area (Å²) in [5, 5.41) is 9.79. The third kappa shape index (κ3) is 4.65. The molecule has 3 rings (SSSR count). The number of rotatable bonds is 5. The molecule has 3 N–H and O–H groups in total. The number of aromatic nitrogens is 3. The number of nitrogens with zero attached hydrogens (tertiary/aromatic N) is 3. The number of hydrogen-bond donors (Lipinski definition) is 2. The first kappa shape index (κ1) is 20.4. The zero-order valence-corrected chi connectivity index (χ0v) is 15.2. The lowest BCUT2D eigenvalue weighted by molar-refractivity contribution is 0.111. The molecule has 8 heteroatoms. The largest absolute Gasteiger partial charge is 0.396 e. The van der Waals surface area contributed by atoms with Crippen molar-refractivity contribution in [2.45, 2.75) is 33.2 Å². The summed E-state index contributed by atoms with van der Waals surface area (Å²) >= 11 is 0. The van der Waals surface area contributed by atoms with Gasteiger partial charge in [-0.05, 0) is 25.8 Å². The maximum atomic E-state index is 11.8. The lowest BCUT2D eigenvalue weighted by atomic mass is 10.0. The van der Waals surface area contributed by atoms with Crippen molar-refractivity contribution in [3.05, 3.63) is 41.9 Å². The van der Waals surface area contributed by atoms with Crippen LogP contribution < -0.4 is 5.73 Å². The van der Waals surface area contributed by atoms with E-state index in [-0.39, 0.29) is 6.61 Å². The molecule has 0 radical (unpaired) electrons. The Bertz CT molecular complexity index is 905. The fourth-order valence-electron chi connectivity index (χ4n) is 2.80. The number of nitrogen functional groups attached to an aromatic ring is 1. The minimum Gasteiger partial charge on any atom is -0.396 e. The van der Waals surface area contributed by atoms with Gasteiger partial charge in [0.15, 0.2) is 6.29 Å². The SMILES string of the molecule is CC(F)F.Cc1ccc(-c2c(C=O)n(CCCO)c3ncnc(N)c23)cc1. The molecule has 3 aromatic rings. The van der Waals surface area contributed by atoms with Gasteiger partial charge in [0, 0.05) is 18.7 Å². The Morgan fingerprint density at radius 1 is 1.26 bits per heavy atom. The number of aldehydes is 1. The van der Waals surface area contributed by atoms with E-state index < -0.39 is 6.43 Å². The number of aliphatic hydroxyl groups is 1. The second-order valence-corrected chi connectivity index (χ2v) is 5.95. The summed E-state index contributed by atoms with van der Waals surface area (Å²) in [7, 11) is 0. The summed E-state index contributed by atoms with van der Waals surface area (Å²) in [6.45, 7) is 3.37. The van der Waals surface area contributed by atoms with Gasteiger partial charge in [-0.25, -0.2) is 18.7 Å². The summed E-state index contributed by atoms with van der Waals surface area (Å²) in [6.07, 6.45) is 0.566. The van der Waals surface area contributed by atoms with Gasteiger partial charge in [0.25, 0.3) is 0 Å². The third-order valence-corrected chi connectivity index (χ3v) is 3.90. The van der Waals surface area contributed by atoms with Gasteiger partial charge in [-0.1, -0.05) is 29.8 Å². The first-order chi connectivity index (χ1) is 12.9. The van der Waals surface area contributed by atoms with Crippen LogP contribution >= 0.6 is 0 Å². The van der Waals surface area contributed by atoms with Crippen molar-refractivity contribution in [3.63, 3.8) is 0 Å². The second-order valence-electron chi connectivity index (χ2n) is 5.95. The number of aryl methyl sites for hydroxylation is 2. The molecule has 0 aliphatic heterocycles. The number of aliphatic hydroxyl groups excluding tert-OH is 1. The highest BCUT2D eigenvalue weighted by Crippen LogP contribution is 2.36. The van der Waals surface area contributed by atoms with Crippen LogP contribution in [0.3, 0.4) is 0 Å². The molecule has 2 heterocycles. The molecule has 0 aliphatic carbocycles. The lowest BCUT2D eigenvalue weighted by Crippen LogP contribution is -2.05. The van der Waals surface area contributed by atoms with Gasteiger partial charge in [0.2, 0.25) is 6.43 Å². The van der Waals surface area contributed by atoms with Crippen molar-refractivity contribution in [1.29, 1.82) is 0 Å².